The lowest BCUT2D eigenvalue weighted by atomic mass is 9.85. The van der Waals surface area contributed by atoms with Crippen molar-refractivity contribution in [3.63, 3.8) is 0 Å². The average Bonchev–Trinajstić information content (AvgIpc) is 2.89. The van der Waals surface area contributed by atoms with E-state index in [1.165, 1.54) is 37.7 Å². The fourth-order valence-corrected chi connectivity index (χ4v) is 3.05. The van der Waals surface area contributed by atoms with Crippen molar-refractivity contribution in [2.45, 2.75) is 44.9 Å². The van der Waals surface area contributed by atoms with Gasteiger partial charge in [-0.15, -0.1) is 0 Å². The number of benzene rings is 1. The zero-order valence-electron chi connectivity index (χ0n) is 11.0. The standard InChI is InChI=1S/C16H25N/c1-2-12-17-13-16(15-10-6-7-11-15)14-8-4-3-5-9-14/h3-5,8-9,15-17H,2,6-7,10-13H2,1H3. The Hall–Kier alpha value is -0.820. The van der Waals surface area contributed by atoms with E-state index in [4.69, 9.17) is 0 Å². The minimum Gasteiger partial charge on any atom is -0.316 e. The van der Waals surface area contributed by atoms with Crippen molar-refractivity contribution in [2.75, 3.05) is 13.1 Å². The Morgan fingerprint density at radius 1 is 1.18 bits per heavy atom. The van der Waals surface area contributed by atoms with Gasteiger partial charge in [0.2, 0.25) is 0 Å². The van der Waals surface area contributed by atoms with Crippen LogP contribution in [0.1, 0.15) is 50.5 Å². The maximum absolute atomic E-state index is 3.61. The quantitative estimate of drug-likeness (QED) is 0.731. The van der Waals surface area contributed by atoms with Crippen LogP contribution in [0.4, 0.5) is 0 Å². The molecule has 1 aromatic carbocycles. The van der Waals surface area contributed by atoms with Gasteiger partial charge in [0.05, 0.1) is 0 Å². The summed E-state index contributed by atoms with van der Waals surface area (Å²) in [6.07, 6.45) is 6.94. The van der Waals surface area contributed by atoms with Gasteiger partial charge in [-0.3, -0.25) is 0 Å². The Kier molecular flexibility index (Phi) is 5.06. The summed E-state index contributed by atoms with van der Waals surface area (Å²) in [7, 11) is 0. The molecule has 1 aromatic rings. The zero-order valence-corrected chi connectivity index (χ0v) is 11.0. The van der Waals surface area contributed by atoms with Crippen LogP contribution in [0, 0.1) is 5.92 Å². The predicted octanol–water partition coefficient (Wildman–Crippen LogP) is 3.96. The largest absolute Gasteiger partial charge is 0.316 e. The molecule has 1 aliphatic carbocycles. The third-order valence-electron chi connectivity index (χ3n) is 3.99. The molecule has 0 radical (unpaired) electrons. The van der Waals surface area contributed by atoms with Gasteiger partial charge in [-0.25, -0.2) is 0 Å². The first-order valence-corrected chi connectivity index (χ1v) is 7.17. The van der Waals surface area contributed by atoms with Gasteiger partial charge in [-0.1, -0.05) is 50.1 Å². The highest BCUT2D eigenvalue weighted by Gasteiger charge is 2.25. The van der Waals surface area contributed by atoms with Gasteiger partial charge < -0.3 is 5.32 Å². The van der Waals surface area contributed by atoms with Crippen molar-refractivity contribution in [1.29, 1.82) is 0 Å². The SMILES string of the molecule is CCCNCC(c1ccccc1)C1CCCC1. The summed E-state index contributed by atoms with van der Waals surface area (Å²) in [5.41, 5.74) is 1.53. The summed E-state index contributed by atoms with van der Waals surface area (Å²) in [5, 5.41) is 3.61. The molecule has 0 saturated heterocycles. The van der Waals surface area contributed by atoms with Gasteiger partial charge in [-0.05, 0) is 43.2 Å². The van der Waals surface area contributed by atoms with E-state index in [0.717, 1.165) is 24.9 Å². The molecule has 0 aromatic heterocycles. The maximum atomic E-state index is 3.61. The molecule has 0 amide bonds. The lowest BCUT2D eigenvalue weighted by Crippen LogP contribution is -2.26. The first-order valence-electron chi connectivity index (χ1n) is 7.17. The van der Waals surface area contributed by atoms with Crippen LogP contribution in [-0.4, -0.2) is 13.1 Å². The Labute approximate surface area is 106 Å². The molecule has 17 heavy (non-hydrogen) atoms. The third-order valence-corrected chi connectivity index (χ3v) is 3.99. The second kappa shape index (κ2) is 6.80. The van der Waals surface area contributed by atoms with Crippen LogP contribution in [0.2, 0.25) is 0 Å². The second-order valence-electron chi connectivity index (χ2n) is 5.27. The van der Waals surface area contributed by atoms with Crippen molar-refractivity contribution in [3.05, 3.63) is 35.9 Å². The molecule has 0 bridgehead atoms. The Bertz CT molecular complexity index is 301. The minimum atomic E-state index is 0.727. The number of rotatable bonds is 6. The summed E-state index contributed by atoms with van der Waals surface area (Å²) in [5.74, 6) is 1.63. The summed E-state index contributed by atoms with van der Waals surface area (Å²) in [6.45, 7) is 4.54. The molecular formula is C16H25N. The Morgan fingerprint density at radius 3 is 2.53 bits per heavy atom. The van der Waals surface area contributed by atoms with Crippen LogP contribution in [0.3, 0.4) is 0 Å². The van der Waals surface area contributed by atoms with E-state index in [9.17, 15) is 0 Å². The van der Waals surface area contributed by atoms with Crippen LogP contribution in [0.15, 0.2) is 30.3 Å². The molecule has 1 aliphatic rings. The van der Waals surface area contributed by atoms with Crippen LogP contribution in [-0.2, 0) is 0 Å². The first-order chi connectivity index (χ1) is 8.42. The molecule has 1 atom stereocenters. The van der Waals surface area contributed by atoms with E-state index in [0.29, 0.717) is 0 Å². The highest BCUT2D eigenvalue weighted by Crippen LogP contribution is 2.36. The number of nitrogens with one attached hydrogen (secondary N) is 1. The molecule has 2 rings (SSSR count). The van der Waals surface area contributed by atoms with Gasteiger partial charge in [0.15, 0.2) is 0 Å². The second-order valence-corrected chi connectivity index (χ2v) is 5.27. The van der Waals surface area contributed by atoms with Crippen LogP contribution in [0.25, 0.3) is 0 Å². The van der Waals surface area contributed by atoms with Crippen LogP contribution < -0.4 is 5.32 Å². The van der Waals surface area contributed by atoms with Gasteiger partial charge in [0.25, 0.3) is 0 Å². The molecule has 0 aliphatic heterocycles. The molecule has 1 nitrogen and oxygen atoms in total. The molecular weight excluding hydrogens is 206 g/mol. The highest BCUT2D eigenvalue weighted by molar-refractivity contribution is 5.21. The molecule has 1 heteroatoms. The van der Waals surface area contributed by atoms with E-state index in [2.05, 4.69) is 42.6 Å². The van der Waals surface area contributed by atoms with Gasteiger partial charge in [0, 0.05) is 6.54 Å². The Balaban J connectivity index is 2.01. The predicted molar refractivity (Wildman–Crippen MR) is 74.3 cm³/mol. The average molecular weight is 231 g/mol. The van der Waals surface area contributed by atoms with E-state index < -0.39 is 0 Å². The molecule has 1 unspecified atom stereocenters. The van der Waals surface area contributed by atoms with Gasteiger partial charge in [0.1, 0.15) is 0 Å². The van der Waals surface area contributed by atoms with Crippen LogP contribution >= 0.6 is 0 Å². The third kappa shape index (κ3) is 3.57. The summed E-state index contributed by atoms with van der Waals surface area (Å²) >= 11 is 0. The van der Waals surface area contributed by atoms with Crippen molar-refractivity contribution >= 4 is 0 Å². The van der Waals surface area contributed by atoms with Crippen molar-refractivity contribution in [3.8, 4) is 0 Å². The van der Waals surface area contributed by atoms with Crippen molar-refractivity contribution in [1.82, 2.24) is 5.32 Å². The van der Waals surface area contributed by atoms with E-state index in [-0.39, 0.29) is 0 Å². The zero-order chi connectivity index (χ0) is 11.9. The maximum Gasteiger partial charge on any atom is 0.00228 e. The van der Waals surface area contributed by atoms with Gasteiger partial charge >= 0.3 is 0 Å². The summed E-state index contributed by atoms with van der Waals surface area (Å²) in [4.78, 5) is 0. The van der Waals surface area contributed by atoms with E-state index >= 15 is 0 Å². The molecule has 0 spiro atoms. The highest BCUT2D eigenvalue weighted by atomic mass is 14.9. The summed E-state index contributed by atoms with van der Waals surface area (Å²) in [6, 6.07) is 11.1. The normalized spacial score (nSPS) is 18.4. The lowest BCUT2D eigenvalue weighted by Gasteiger charge is -2.24. The molecule has 1 N–H and O–H groups in total. The first kappa shape index (κ1) is 12.6. The lowest BCUT2D eigenvalue weighted by molar-refractivity contribution is 0.411. The monoisotopic (exact) mass is 231 g/mol. The number of hydrogen-bond donors (Lipinski definition) is 1. The minimum absolute atomic E-state index is 0.727. The van der Waals surface area contributed by atoms with Crippen LogP contribution in [0.5, 0.6) is 0 Å². The molecule has 1 fully saturated rings. The smallest absolute Gasteiger partial charge is 0.00228 e. The molecule has 94 valence electrons. The fourth-order valence-electron chi connectivity index (χ4n) is 3.05. The molecule has 1 saturated carbocycles. The number of hydrogen-bond acceptors (Lipinski definition) is 1. The van der Waals surface area contributed by atoms with E-state index in [1.54, 1.807) is 0 Å². The van der Waals surface area contributed by atoms with Crippen molar-refractivity contribution in [2.24, 2.45) is 5.92 Å². The molecule has 0 heterocycles. The topological polar surface area (TPSA) is 12.0 Å². The summed E-state index contributed by atoms with van der Waals surface area (Å²) < 4.78 is 0. The fraction of sp³-hybridized carbons (Fsp3) is 0.625. The van der Waals surface area contributed by atoms with E-state index in [1.807, 2.05) is 0 Å². The Morgan fingerprint density at radius 2 is 1.88 bits per heavy atom. The van der Waals surface area contributed by atoms with Crippen molar-refractivity contribution < 1.29 is 0 Å². The van der Waals surface area contributed by atoms with Gasteiger partial charge in [-0.2, -0.15) is 0 Å².